The highest BCUT2D eigenvalue weighted by Crippen LogP contribution is 2.38. The van der Waals surface area contributed by atoms with Gasteiger partial charge in [-0.1, -0.05) is 11.6 Å². The molecule has 0 aliphatic rings. The molecule has 0 atom stereocenters. The lowest BCUT2D eigenvalue weighted by Crippen LogP contribution is -2.15. The number of nitrogens with zero attached hydrogens (tertiary/aromatic N) is 5. The maximum Gasteiger partial charge on any atom is 0.266 e. The smallest absolute Gasteiger partial charge is 0.266 e. The molecule has 0 saturated heterocycles. The predicted octanol–water partition coefficient (Wildman–Crippen LogP) is 5.66. The Kier molecular flexibility index (Phi) is 6.77. The first-order valence-corrected chi connectivity index (χ1v) is 13.3. The normalized spacial score (nSPS) is 11.5. The van der Waals surface area contributed by atoms with Crippen LogP contribution in [0.25, 0.3) is 22.6 Å². The second-order valence-electron chi connectivity index (χ2n) is 7.65. The van der Waals surface area contributed by atoms with Crippen molar-refractivity contribution in [1.82, 2.24) is 24.7 Å². The molecule has 0 saturated carbocycles. The van der Waals surface area contributed by atoms with E-state index in [2.05, 4.69) is 24.8 Å². The minimum Gasteiger partial charge on any atom is -0.453 e. The number of benzene rings is 1. The zero-order valence-electron chi connectivity index (χ0n) is 19.1. The largest absolute Gasteiger partial charge is 0.453 e. The molecule has 1 N–H and O–H groups in total. The van der Waals surface area contributed by atoms with Crippen LogP contribution in [0.5, 0.6) is 11.5 Å². The van der Waals surface area contributed by atoms with Crippen LogP contribution in [-0.4, -0.2) is 33.2 Å². The number of thiazole rings is 1. The molecule has 9 nitrogen and oxygen atoms in total. The Bertz CT molecular complexity index is 1760. The topological polar surface area (TPSA) is 112 Å². The number of hydrogen-bond donors (Lipinski definition) is 1. The SMILES string of the molecule is Cn1nccc1-c1nc(-c2ccc(F)nc2F)ccc1Oc1cc(F)c(S(=O)(=O)Nc2cscn2)cc1Cl. The first-order chi connectivity index (χ1) is 18.1. The van der Waals surface area contributed by atoms with Crippen molar-refractivity contribution in [3.05, 3.63) is 82.3 Å². The average molecular weight is 579 g/mol. The van der Waals surface area contributed by atoms with E-state index >= 15 is 0 Å². The quantitative estimate of drug-likeness (QED) is 0.248. The molecule has 0 aliphatic heterocycles. The Morgan fingerprint density at radius 3 is 2.55 bits per heavy atom. The van der Waals surface area contributed by atoms with Gasteiger partial charge in [0.05, 0.1) is 27.5 Å². The standard InChI is InChI=1S/C23H14ClF3N6O3S2/c1-33-16(6-7-29-33)22-17(4-3-15(30-22)12-2-5-20(26)31-23(12)27)36-18-9-14(25)19(8-13(18)24)38(34,35)32-21-10-37-11-28-21/h2-11,32H,1H3. The van der Waals surface area contributed by atoms with E-state index in [4.69, 9.17) is 16.3 Å². The van der Waals surface area contributed by atoms with Gasteiger partial charge in [-0.15, -0.1) is 11.3 Å². The molecule has 0 bridgehead atoms. The summed E-state index contributed by atoms with van der Waals surface area (Å²) in [6, 6.07) is 8.35. The second-order valence-corrected chi connectivity index (χ2v) is 10.4. The third kappa shape index (κ3) is 5.05. The molecular formula is C23H14ClF3N6O3S2. The lowest BCUT2D eigenvalue weighted by molar-refractivity contribution is 0.473. The van der Waals surface area contributed by atoms with E-state index in [1.165, 1.54) is 40.0 Å². The van der Waals surface area contributed by atoms with E-state index in [1.807, 2.05) is 0 Å². The van der Waals surface area contributed by atoms with Crippen LogP contribution in [0.3, 0.4) is 0 Å². The molecule has 194 valence electrons. The highest BCUT2D eigenvalue weighted by molar-refractivity contribution is 7.92. The molecule has 4 heterocycles. The molecule has 15 heteroatoms. The Balaban J connectivity index is 1.54. The number of aryl methyl sites for hydroxylation is 1. The number of sulfonamides is 1. The molecule has 0 unspecified atom stereocenters. The number of nitrogens with one attached hydrogen (secondary N) is 1. The molecule has 0 radical (unpaired) electrons. The Labute approximate surface area is 222 Å². The van der Waals surface area contributed by atoms with Gasteiger partial charge in [0, 0.05) is 24.7 Å². The fourth-order valence-electron chi connectivity index (χ4n) is 3.44. The van der Waals surface area contributed by atoms with Gasteiger partial charge in [0.15, 0.2) is 11.6 Å². The van der Waals surface area contributed by atoms with E-state index < -0.39 is 32.6 Å². The molecular weight excluding hydrogens is 565 g/mol. The third-order valence-corrected chi connectivity index (χ3v) is 7.43. The molecule has 38 heavy (non-hydrogen) atoms. The summed E-state index contributed by atoms with van der Waals surface area (Å²) in [6.45, 7) is 0. The summed E-state index contributed by atoms with van der Waals surface area (Å²) in [4.78, 5) is 10.7. The van der Waals surface area contributed by atoms with Gasteiger partial charge < -0.3 is 4.74 Å². The molecule has 0 amide bonds. The highest BCUT2D eigenvalue weighted by Gasteiger charge is 2.24. The molecule has 5 rings (SSSR count). The fraction of sp³-hybridized carbons (Fsp3) is 0.0435. The van der Waals surface area contributed by atoms with E-state index in [-0.39, 0.29) is 39.3 Å². The van der Waals surface area contributed by atoms with Gasteiger partial charge in [-0.3, -0.25) is 9.40 Å². The van der Waals surface area contributed by atoms with Crippen LogP contribution < -0.4 is 9.46 Å². The zero-order valence-corrected chi connectivity index (χ0v) is 21.5. The molecule has 0 aliphatic carbocycles. The Morgan fingerprint density at radius 2 is 1.87 bits per heavy atom. The summed E-state index contributed by atoms with van der Waals surface area (Å²) in [5.74, 6) is -3.27. The summed E-state index contributed by atoms with van der Waals surface area (Å²) < 4.78 is 77.4. The summed E-state index contributed by atoms with van der Waals surface area (Å²) in [7, 11) is -2.70. The van der Waals surface area contributed by atoms with Gasteiger partial charge in [0.1, 0.15) is 22.2 Å². The first-order valence-electron chi connectivity index (χ1n) is 10.5. The van der Waals surface area contributed by atoms with Crippen LogP contribution >= 0.6 is 22.9 Å². The summed E-state index contributed by atoms with van der Waals surface area (Å²) in [6.07, 6.45) is 1.50. The van der Waals surface area contributed by atoms with Crippen LogP contribution in [0.2, 0.25) is 5.02 Å². The summed E-state index contributed by atoms with van der Waals surface area (Å²) in [5.41, 5.74) is 2.08. The van der Waals surface area contributed by atoms with E-state index in [0.29, 0.717) is 5.69 Å². The minimum absolute atomic E-state index is 0.0330. The van der Waals surface area contributed by atoms with E-state index in [0.717, 1.165) is 29.5 Å². The van der Waals surface area contributed by atoms with Crippen molar-refractivity contribution in [2.75, 3.05) is 4.72 Å². The number of hydrogen-bond acceptors (Lipinski definition) is 8. The molecule has 0 spiro atoms. The van der Waals surface area contributed by atoms with Crippen molar-refractivity contribution in [3.8, 4) is 34.1 Å². The van der Waals surface area contributed by atoms with Crippen molar-refractivity contribution >= 4 is 38.8 Å². The van der Waals surface area contributed by atoms with Crippen LogP contribution in [0.1, 0.15) is 0 Å². The van der Waals surface area contributed by atoms with Gasteiger partial charge in [0.2, 0.25) is 11.9 Å². The first kappa shape index (κ1) is 25.6. The van der Waals surface area contributed by atoms with Gasteiger partial charge in [-0.2, -0.15) is 18.9 Å². The third-order valence-electron chi connectivity index (χ3n) is 5.18. The monoisotopic (exact) mass is 578 g/mol. The average Bonchev–Trinajstić information content (AvgIpc) is 3.52. The molecule has 0 fully saturated rings. The number of pyridine rings is 2. The van der Waals surface area contributed by atoms with Crippen molar-refractivity contribution in [2.45, 2.75) is 4.90 Å². The van der Waals surface area contributed by atoms with Crippen molar-refractivity contribution in [1.29, 1.82) is 0 Å². The number of aromatic nitrogens is 5. The Morgan fingerprint density at radius 1 is 1.05 bits per heavy atom. The maximum absolute atomic E-state index is 15.0. The molecule has 4 aromatic heterocycles. The fourth-order valence-corrected chi connectivity index (χ4v) is 5.35. The summed E-state index contributed by atoms with van der Waals surface area (Å²) in [5, 5.41) is 5.33. The van der Waals surface area contributed by atoms with Crippen molar-refractivity contribution in [2.24, 2.45) is 7.05 Å². The van der Waals surface area contributed by atoms with Crippen LogP contribution in [0.15, 0.2) is 64.4 Å². The van der Waals surface area contributed by atoms with Crippen LogP contribution in [0, 0.1) is 17.7 Å². The van der Waals surface area contributed by atoms with E-state index in [9.17, 15) is 21.6 Å². The Hall–Kier alpha value is -4.01. The number of halogens is 4. The number of ether oxygens (including phenoxy) is 1. The van der Waals surface area contributed by atoms with Crippen molar-refractivity contribution in [3.63, 3.8) is 0 Å². The number of anilines is 1. The lowest BCUT2D eigenvalue weighted by atomic mass is 10.1. The minimum atomic E-state index is -4.33. The number of rotatable bonds is 7. The van der Waals surface area contributed by atoms with Crippen LogP contribution in [-0.2, 0) is 17.1 Å². The highest BCUT2D eigenvalue weighted by atomic mass is 35.5. The van der Waals surface area contributed by atoms with Crippen LogP contribution in [0.4, 0.5) is 19.0 Å². The molecule has 5 aromatic rings. The predicted molar refractivity (Wildman–Crippen MR) is 134 cm³/mol. The summed E-state index contributed by atoms with van der Waals surface area (Å²) >= 11 is 7.44. The zero-order chi connectivity index (χ0) is 27.0. The van der Waals surface area contributed by atoms with Gasteiger partial charge in [-0.25, -0.2) is 22.8 Å². The second kappa shape index (κ2) is 10.0. The lowest BCUT2D eigenvalue weighted by Gasteiger charge is -2.15. The van der Waals surface area contributed by atoms with Crippen molar-refractivity contribution < 1.29 is 26.3 Å². The van der Waals surface area contributed by atoms with Gasteiger partial charge in [0.25, 0.3) is 10.0 Å². The molecule has 1 aromatic carbocycles. The van der Waals surface area contributed by atoms with Gasteiger partial charge in [-0.05, 0) is 36.4 Å². The van der Waals surface area contributed by atoms with E-state index in [1.54, 1.807) is 13.1 Å². The van der Waals surface area contributed by atoms with Gasteiger partial charge >= 0.3 is 0 Å². The maximum atomic E-state index is 15.0.